The molecule has 0 saturated heterocycles. The Kier molecular flexibility index (Phi) is 4.28. The van der Waals surface area contributed by atoms with E-state index in [4.69, 9.17) is 0 Å². The van der Waals surface area contributed by atoms with Crippen LogP contribution >= 0.6 is 0 Å². The third-order valence-electron chi connectivity index (χ3n) is 2.88. The van der Waals surface area contributed by atoms with Crippen molar-refractivity contribution in [3.63, 3.8) is 0 Å². The van der Waals surface area contributed by atoms with E-state index >= 15 is 0 Å². The predicted molar refractivity (Wildman–Crippen MR) is 75.3 cm³/mol. The highest BCUT2D eigenvalue weighted by Gasteiger charge is 2.06. The zero-order valence-corrected chi connectivity index (χ0v) is 11.2. The second kappa shape index (κ2) is 6.13. The Hall–Kier alpha value is -2.17. The van der Waals surface area contributed by atoms with Gasteiger partial charge in [-0.1, -0.05) is 0 Å². The van der Waals surface area contributed by atoms with Gasteiger partial charge in [0.05, 0.1) is 0 Å². The largest absolute Gasteiger partial charge is 0.365 e. The fourth-order valence-corrected chi connectivity index (χ4v) is 1.83. The van der Waals surface area contributed by atoms with Gasteiger partial charge in [0.1, 0.15) is 0 Å². The van der Waals surface area contributed by atoms with E-state index in [1.165, 1.54) is 5.56 Å². The number of nitrogens with one attached hydrogen (secondary N) is 1. The first-order chi connectivity index (χ1) is 9.18. The molecule has 0 aliphatic rings. The van der Waals surface area contributed by atoms with Gasteiger partial charge < -0.3 is 9.88 Å². The fourth-order valence-electron chi connectivity index (χ4n) is 1.83. The SMILES string of the molecule is CC(C)n1ccnc(NCCc2ccncc2)c1=O. The molecule has 0 bridgehead atoms. The van der Waals surface area contributed by atoms with Crippen LogP contribution in [-0.2, 0) is 6.42 Å². The van der Waals surface area contributed by atoms with Crippen molar-refractivity contribution < 1.29 is 0 Å². The Morgan fingerprint density at radius 3 is 2.68 bits per heavy atom. The van der Waals surface area contributed by atoms with Crippen molar-refractivity contribution in [1.29, 1.82) is 0 Å². The number of hydrogen-bond donors (Lipinski definition) is 1. The quantitative estimate of drug-likeness (QED) is 0.889. The number of aromatic nitrogens is 3. The topological polar surface area (TPSA) is 59.8 Å². The Bertz CT molecular complexity index is 577. The van der Waals surface area contributed by atoms with Crippen LogP contribution in [0, 0.1) is 0 Å². The second-order valence-corrected chi connectivity index (χ2v) is 4.61. The lowest BCUT2D eigenvalue weighted by Crippen LogP contribution is -2.26. The van der Waals surface area contributed by atoms with Crippen LogP contribution < -0.4 is 10.9 Å². The van der Waals surface area contributed by atoms with Crippen molar-refractivity contribution in [2.45, 2.75) is 26.3 Å². The van der Waals surface area contributed by atoms with Gasteiger partial charge in [0.15, 0.2) is 5.82 Å². The lowest BCUT2D eigenvalue weighted by atomic mass is 10.2. The van der Waals surface area contributed by atoms with Crippen LogP contribution in [0.2, 0.25) is 0 Å². The average Bonchev–Trinajstić information content (AvgIpc) is 2.41. The van der Waals surface area contributed by atoms with E-state index in [-0.39, 0.29) is 11.6 Å². The average molecular weight is 258 g/mol. The molecule has 0 aliphatic carbocycles. The van der Waals surface area contributed by atoms with Crippen LogP contribution in [-0.4, -0.2) is 21.1 Å². The van der Waals surface area contributed by atoms with Crippen LogP contribution in [0.25, 0.3) is 0 Å². The normalized spacial score (nSPS) is 10.7. The molecule has 0 radical (unpaired) electrons. The van der Waals surface area contributed by atoms with Crippen molar-refractivity contribution in [3.05, 3.63) is 52.8 Å². The monoisotopic (exact) mass is 258 g/mol. The van der Waals surface area contributed by atoms with Crippen LogP contribution in [0.1, 0.15) is 25.5 Å². The highest BCUT2D eigenvalue weighted by atomic mass is 16.1. The van der Waals surface area contributed by atoms with Crippen molar-refractivity contribution in [2.24, 2.45) is 0 Å². The highest BCUT2D eigenvalue weighted by molar-refractivity contribution is 5.31. The summed E-state index contributed by atoms with van der Waals surface area (Å²) in [5.74, 6) is 0.408. The molecular formula is C14H18N4O. The summed E-state index contributed by atoms with van der Waals surface area (Å²) in [6.07, 6.45) is 7.72. The lowest BCUT2D eigenvalue weighted by Gasteiger charge is -2.11. The molecule has 19 heavy (non-hydrogen) atoms. The van der Waals surface area contributed by atoms with E-state index < -0.39 is 0 Å². The molecule has 2 heterocycles. The van der Waals surface area contributed by atoms with Crippen molar-refractivity contribution in [3.8, 4) is 0 Å². The van der Waals surface area contributed by atoms with Gasteiger partial charge in [0.2, 0.25) is 0 Å². The number of pyridine rings is 1. The molecule has 0 aromatic carbocycles. The molecule has 1 N–H and O–H groups in total. The molecule has 0 unspecified atom stereocenters. The maximum atomic E-state index is 12.1. The molecule has 5 heteroatoms. The third kappa shape index (κ3) is 3.40. The maximum Gasteiger partial charge on any atom is 0.293 e. The first-order valence-electron chi connectivity index (χ1n) is 6.38. The zero-order valence-electron chi connectivity index (χ0n) is 11.2. The van der Waals surface area contributed by atoms with Crippen LogP contribution in [0.3, 0.4) is 0 Å². The summed E-state index contributed by atoms with van der Waals surface area (Å²) < 4.78 is 1.67. The molecule has 0 atom stereocenters. The zero-order chi connectivity index (χ0) is 13.7. The molecule has 0 saturated carbocycles. The van der Waals surface area contributed by atoms with E-state index in [2.05, 4.69) is 15.3 Å². The lowest BCUT2D eigenvalue weighted by molar-refractivity contribution is 0.575. The summed E-state index contributed by atoms with van der Waals surface area (Å²) in [7, 11) is 0. The van der Waals surface area contributed by atoms with Crippen LogP contribution in [0.4, 0.5) is 5.82 Å². The predicted octanol–water partition coefficient (Wildman–Crippen LogP) is 1.87. The van der Waals surface area contributed by atoms with Gasteiger partial charge >= 0.3 is 0 Å². The van der Waals surface area contributed by atoms with E-state index in [1.54, 1.807) is 29.4 Å². The van der Waals surface area contributed by atoms with E-state index in [9.17, 15) is 4.79 Å². The summed E-state index contributed by atoms with van der Waals surface area (Å²) in [5.41, 5.74) is 1.11. The molecule has 5 nitrogen and oxygen atoms in total. The van der Waals surface area contributed by atoms with Crippen molar-refractivity contribution >= 4 is 5.82 Å². The highest BCUT2D eigenvalue weighted by Crippen LogP contribution is 2.02. The molecule has 2 rings (SSSR count). The first-order valence-corrected chi connectivity index (χ1v) is 6.38. The van der Waals surface area contributed by atoms with E-state index in [0.29, 0.717) is 12.4 Å². The number of rotatable bonds is 5. The van der Waals surface area contributed by atoms with Gasteiger partial charge in [-0.3, -0.25) is 9.78 Å². The molecule has 100 valence electrons. The van der Waals surface area contributed by atoms with Gasteiger partial charge in [0.25, 0.3) is 5.56 Å². The van der Waals surface area contributed by atoms with Gasteiger partial charge in [0, 0.05) is 37.4 Å². The molecule has 2 aromatic heterocycles. The maximum absolute atomic E-state index is 12.1. The number of nitrogens with zero attached hydrogens (tertiary/aromatic N) is 3. The first kappa shape index (κ1) is 13.3. The minimum atomic E-state index is -0.0766. The molecule has 0 fully saturated rings. The number of anilines is 1. The van der Waals surface area contributed by atoms with Gasteiger partial charge in [-0.2, -0.15) is 0 Å². The summed E-state index contributed by atoms with van der Waals surface area (Å²) >= 11 is 0. The fraction of sp³-hybridized carbons (Fsp3) is 0.357. The Morgan fingerprint density at radius 1 is 1.26 bits per heavy atom. The molecule has 0 aliphatic heterocycles. The van der Waals surface area contributed by atoms with E-state index in [0.717, 1.165) is 6.42 Å². The summed E-state index contributed by atoms with van der Waals surface area (Å²) in [5, 5.41) is 3.09. The van der Waals surface area contributed by atoms with Crippen molar-refractivity contribution in [1.82, 2.24) is 14.5 Å². The van der Waals surface area contributed by atoms with Crippen LogP contribution in [0.5, 0.6) is 0 Å². The second-order valence-electron chi connectivity index (χ2n) is 4.61. The Morgan fingerprint density at radius 2 is 2.00 bits per heavy atom. The molecule has 0 spiro atoms. The third-order valence-corrected chi connectivity index (χ3v) is 2.88. The van der Waals surface area contributed by atoms with Crippen LogP contribution in [0.15, 0.2) is 41.7 Å². The Balaban J connectivity index is 2.01. The van der Waals surface area contributed by atoms with Gasteiger partial charge in [-0.25, -0.2) is 4.98 Å². The molecule has 2 aromatic rings. The molecule has 0 amide bonds. The van der Waals surface area contributed by atoms with Gasteiger partial charge in [-0.15, -0.1) is 0 Å². The number of hydrogen-bond acceptors (Lipinski definition) is 4. The smallest absolute Gasteiger partial charge is 0.293 e. The standard InChI is InChI=1S/C14H18N4O/c1-11(2)18-10-9-17-13(14(18)19)16-8-5-12-3-6-15-7-4-12/h3-4,6-7,9-11H,5,8H2,1-2H3,(H,16,17). The molecular weight excluding hydrogens is 240 g/mol. The van der Waals surface area contributed by atoms with E-state index in [1.807, 2.05) is 26.0 Å². The summed E-state index contributed by atoms with van der Waals surface area (Å²) in [6, 6.07) is 4.06. The summed E-state index contributed by atoms with van der Waals surface area (Å²) in [6.45, 7) is 4.62. The Labute approximate surface area is 112 Å². The minimum Gasteiger partial charge on any atom is -0.365 e. The van der Waals surface area contributed by atoms with Gasteiger partial charge in [-0.05, 0) is 38.0 Å². The van der Waals surface area contributed by atoms with Crippen molar-refractivity contribution in [2.75, 3.05) is 11.9 Å². The minimum absolute atomic E-state index is 0.0766. The summed E-state index contributed by atoms with van der Waals surface area (Å²) in [4.78, 5) is 20.1.